The smallest absolute Gasteiger partial charge is 0.0991 e. The minimum absolute atomic E-state index is 0.713. The molecule has 3 heteroatoms. The number of nitrogens with zero attached hydrogens (tertiary/aromatic N) is 2. The number of hydrogen-bond acceptors (Lipinski definition) is 2. The number of aromatic nitrogens is 1. The second-order valence-electron chi connectivity index (χ2n) is 4.03. The molecule has 1 aromatic heterocycles. The molecule has 0 amide bonds. The SMILES string of the molecule is CNCc1ccn(Cc2cccc(C#N)c2)c1. The lowest BCUT2D eigenvalue weighted by atomic mass is 10.1. The number of nitrogens with one attached hydrogen (secondary N) is 1. The second kappa shape index (κ2) is 5.33. The molecule has 0 bridgehead atoms. The van der Waals surface area contributed by atoms with Crippen LogP contribution in [-0.2, 0) is 13.1 Å². The maximum Gasteiger partial charge on any atom is 0.0991 e. The van der Waals surface area contributed by atoms with Crippen molar-refractivity contribution < 1.29 is 0 Å². The summed E-state index contributed by atoms with van der Waals surface area (Å²) in [6.45, 7) is 1.68. The van der Waals surface area contributed by atoms with Crippen LogP contribution in [0.25, 0.3) is 0 Å². The largest absolute Gasteiger partial charge is 0.350 e. The average Bonchev–Trinajstić information content (AvgIpc) is 2.77. The molecule has 0 aliphatic heterocycles. The van der Waals surface area contributed by atoms with Gasteiger partial charge >= 0.3 is 0 Å². The fourth-order valence-corrected chi connectivity index (χ4v) is 1.85. The quantitative estimate of drug-likeness (QED) is 0.866. The molecule has 2 aromatic rings. The molecule has 0 fully saturated rings. The fourth-order valence-electron chi connectivity index (χ4n) is 1.85. The number of hydrogen-bond donors (Lipinski definition) is 1. The summed E-state index contributed by atoms with van der Waals surface area (Å²) in [7, 11) is 1.94. The highest BCUT2D eigenvalue weighted by molar-refractivity contribution is 5.33. The van der Waals surface area contributed by atoms with Crippen LogP contribution in [0.5, 0.6) is 0 Å². The Hall–Kier alpha value is -2.05. The van der Waals surface area contributed by atoms with E-state index >= 15 is 0 Å². The van der Waals surface area contributed by atoms with E-state index in [1.807, 2.05) is 31.3 Å². The molecule has 17 heavy (non-hydrogen) atoms. The lowest BCUT2D eigenvalue weighted by molar-refractivity contribution is 0.782. The molecule has 0 saturated carbocycles. The van der Waals surface area contributed by atoms with Crippen molar-refractivity contribution in [3.63, 3.8) is 0 Å². The summed E-state index contributed by atoms with van der Waals surface area (Å²) in [4.78, 5) is 0. The molecule has 0 unspecified atom stereocenters. The van der Waals surface area contributed by atoms with Gasteiger partial charge in [-0.1, -0.05) is 12.1 Å². The summed E-state index contributed by atoms with van der Waals surface area (Å²) >= 11 is 0. The van der Waals surface area contributed by atoms with Gasteiger partial charge in [0, 0.05) is 25.5 Å². The van der Waals surface area contributed by atoms with Crippen LogP contribution in [0.3, 0.4) is 0 Å². The number of nitriles is 1. The van der Waals surface area contributed by atoms with E-state index in [0.717, 1.165) is 18.7 Å². The Morgan fingerprint density at radius 2 is 2.18 bits per heavy atom. The van der Waals surface area contributed by atoms with Crippen LogP contribution < -0.4 is 5.32 Å². The van der Waals surface area contributed by atoms with Gasteiger partial charge in [-0.25, -0.2) is 0 Å². The number of rotatable bonds is 4. The third-order valence-electron chi connectivity index (χ3n) is 2.61. The Bertz CT molecular complexity index is 534. The first-order chi connectivity index (χ1) is 8.31. The standard InChI is InChI=1S/C14H15N3/c1-16-9-14-5-6-17(11-14)10-13-4-2-3-12(7-13)8-15/h2-7,11,16H,9-10H2,1H3. The molecular weight excluding hydrogens is 210 g/mol. The lowest BCUT2D eigenvalue weighted by Crippen LogP contribution is -2.04. The normalized spacial score (nSPS) is 10.1. The van der Waals surface area contributed by atoms with Gasteiger partial charge in [0.25, 0.3) is 0 Å². The first kappa shape index (κ1) is 11.4. The minimum atomic E-state index is 0.713. The van der Waals surface area contributed by atoms with Crippen molar-refractivity contribution >= 4 is 0 Å². The van der Waals surface area contributed by atoms with Crippen LogP contribution in [0.15, 0.2) is 42.7 Å². The van der Waals surface area contributed by atoms with Gasteiger partial charge in [0.1, 0.15) is 0 Å². The topological polar surface area (TPSA) is 40.8 Å². The van der Waals surface area contributed by atoms with Gasteiger partial charge in [-0.2, -0.15) is 5.26 Å². The zero-order valence-electron chi connectivity index (χ0n) is 9.85. The molecule has 3 nitrogen and oxygen atoms in total. The lowest BCUT2D eigenvalue weighted by Gasteiger charge is -2.03. The highest BCUT2D eigenvalue weighted by Gasteiger charge is 1.98. The Labute approximate surface area is 101 Å². The molecule has 1 N–H and O–H groups in total. The summed E-state index contributed by atoms with van der Waals surface area (Å²) in [6, 6.07) is 12.0. The van der Waals surface area contributed by atoms with Gasteiger partial charge in [0.05, 0.1) is 11.6 Å². The van der Waals surface area contributed by atoms with Crippen molar-refractivity contribution in [2.24, 2.45) is 0 Å². The van der Waals surface area contributed by atoms with E-state index in [2.05, 4.69) is 34.4 Å². The summed E-state index contributed by atoms with van der Waals surface area (Å²) in [5, 5.41) is 12.0. The third-order valence-corrected chi connectivity index (χ3v) is 2.61. The number of benzene rings is 1. The molecule has 1 heterocycles. The van der Waals surface area contributed by atoms with Gasteiger partial charge in [0.2, 0.25) is 0 Å². The van der Waals surface area contributed by atoms with Crippen LogP contribution in [0, 0.1) is 11.3 Å². The van der Waals surface area contributed by atoms with Gasteiger partial charge < -0.3 is 9.88 Å². The van der Waals surface area contributed by atoms with Crippen molar-refractivity contribution in [3.05, 3.63) is 59.4 Å². The summed E-state index contributed by atoms with van der Waals surface area (Å²) in [6.07, 6.45) is 4.18. The zero-order valence-corrected chi connectivity index (χ0v) is 9.85. The predicted octanol–water partition coefficient (Wildman–Crippen LogP) is 2.13. The van der Waals surface area contributed by atoms with E-state index in [9.17, 15) is 0 Å². The summed E-state index contributed by atoms with van der Waals surface area (Å²) in [5.41, 5.74) is 3.13. The van der Waals surface area contributed by atoms with Crippen molar-refractivity contribution in [1.82, 2.24) is 9.88 Å². The van der Waals surface area contributed by atoms with Gasteiger partial charge in [-0.15, -0.1) is 0 Å². The first-order valence-corrected chi connectivity index (χ1v) is 5.60. The molecule has 0 aliphatic carbocycles. The van der Waals surface area contributed by atoms with Crippen LogP contribution in [0.2, 0.25) is 0 Å². The van der Waals surface area contributed by atoms with E-state index in [1.165, 1.54) is 5.56 Å². The maximum absolute atomic E-state index is 8.84. The fraction of sp³-hybridized carbons (Fsp3) is 0.214. The Kier molecular flexibility index (Phi) is 3.59. The van der Waals surface area contributed by atoms with E-state index in [0.29, 0.717) is 5.56 Å². The van der Waals surface area contributed by atoms with Crippen molar-refractivity contribution in [3.8, 4) is 6.07 Å². The molecule has 1 aromatic carbocycles. The van der Waals surface area contributed by atoms with Crippen molar-refractivity contribution in [2.45, 2.75) is 13.1 Å². The average molecular weight is 225 g/mol. The van der Waals surface area contributed by atoms with E-state index in [-0.39, 0.29) is 0 Å². The van der Waals surface area contributed by atoms with Crippen LogP contribution in [0.4, 0.5) is 0 Å². The van der Waals surface area contributed by atoms with E-state index in [1.54, 1.807) is 0 Å². The zero-order chi connectivity index (χ0) is 12.1. The monoisotopic (exact) mass is 225 g/mol. The summed E-state index contributed by atoms with van der Waals surface area (Å²) < 4.78 is 2.13. The Morgan fingerprint density at radius 1 is 1.29 bits per heavy atom. The highest BCUT2D eigenvalue weighted by atomic mass is 14.9. The highest BCUT2D eigenvalue weighted by Crippen LogP contribution is 2.08. The maximum atomic E-state index is 8.84. The molecule has 0 saturated heterocycles. The molecule has 86 valence electrons. The molecule has 0 aliphatic rings. The van der Waals surface area contributed by atoms with Crippen molar-refractivity contribution in [1.29, 1.82) is 5.26 Å². The second-order valence-corrected chi connectivity index (χ2v) is 4.03. The van der Waals surface area contributed by atoms with Gasteiger partial charge in [0.15, 0.2) is 0 Å². The minimum Gasteiger partial charge on any atom is -0.350 e. The Morgan fingerprint density at radius 3 is 2.94 bits per heavy atom. The van der Waals surface area contributed by atoms with E-state index < -0.39 is 0 Å². The first-order valence-electron chi connectivity index (χ1n) is 5.60. The molecule has 0 atom stereocenters. The van der Waals surface area contributed by atoms with E-state index in [4.69, 9.17) is 5.26 Å². The Balaban J connectivity index is 2.11. The van der Waals surface area contributed by atoms with Crippen LogP contribution in [0.1, 0.15) is 16.7 Å². The van der Waals surface area contributed by atoms with Crippen LogP contribution >= 0.6 is 0 Å². The predicted molar refractivity (Wildman–Crippen MR) is 67.5 cm³/mol. The molecule has 2 rings (SSSR count). The van der Waals surface area contributed by atoms with Gasteiger partial charge in [-0.3, -0.25) is 0 Å². The summed E-state index contributed by atoms with van der Waals surface area (Å²) in [5.74, 6) is 0. The molecular formula is C14H15N3. The van der Waals surface area contributed by atoms with Crippen LogP contribution in [-0.4, -0.2) is 11.6 Å². The molecule has 0 spiro atoms. The van der Waals surface area contributed by atoms with Crippen molar-refractivity contribution in [2.75, 3.05) is 7.05 Å². The van der Waals surface area contributed by atoms with Gasteiger partial charge in [-0.05, 0) is 36.4 Å². The third kappa shape index (κ3) is 2.96. The molecule has 0 radical (unpaired) electrons.